The molecule has 10 nitrogen and oxygen atoms in total. The van der Waals surface area contributed by atoms with Crippen molar-refractivity contribution in [2.45, 2.75) is 44.4 Å². The number of aliphatic hydroxyl groups excluding tert-OH is 1. The number of carbonyl (C=O) groups is 1. The first kappa shape index (κ1) is 20.7. The molecule has 0 atom stereocenters. The molecule has 168 valence electrons. The highest BCUT2D eigenvalue weighted by Gasteiger charge is 2.25. The lowest BCUT2D eigenvalue weighted by Crippen LogP contribution is -2.35. The average Bonchev–Trinajstić information content (AvgIpc) is 3.50. The number of likely N-dealkylation sites (tertiary alicyclic amines) is 1. The lowest BCUT2D eigenvalue weighted by atomic mass is 10.1. The molecular formula is C22H28N8O2. The van der Waals surface area contributed by atoms with E-state index in [1.807, 2.05) is 12.1 Å². The van der Waals surface area contributed by atoms with Crippen LogP contribution in [0.15, 0.2) is 30.6 Å². The molecule has 0 unspecified atom stereocenters. The topological polar surface area (TPSA) is 120 Å². The first-order valence-corrected chi connectivity index (χ1v) is 11.1. The standard InChI is InChI=1S/C22H28N8O2/c1-23-19-18-20(30(13-24-18)22(32)26-15-5-6-15)28-21(27-19)25-16-4-2-3-14(11-16)12-29-9-7-17(31)8-10-29/h2-4,11,13,15,17,31H,5-10,12H2,1H3,(H,26,32)(H2,23,25,27,28). The fourth-order valence-electron chi connectivity index (χ4n) is 3.96. The van der Waals surface area contributed by atoms with Gasteiger partial charge in [-0.15, -0.1) is 0 Å². The molecule has 2 aromatic heterocycles. The van der Waals surface area contributed by atoms with E-state index in [-0.39, 0.29) is 18.2 Å². The summed E-state index contributed by atoms with van der Waals surface area (Å²) in [7, 11) is 1.77. The van der Waals surface area contributed by atoms with Gasteiger partial charge in [-0.25, -0.2) is 14.3 Å². The minimum Gasteiger partial charge on any atom is -0.393 e. The number of aliphatic hydroxyl groups is 1. The van der Waals surface area contributed by atoms with Crippen molar-refractivity contribution in [2.75, 3.05) is 30.8 Å². The van der Waals surface area contributed by atoms with Crippen LogP contribution in [-0.2, 0) is 6.54 Å². The number of nitrogens with zero attached hydrogens (tertiary/aromatic N) is 5. The van der Waals surface area contributed by atoms with E-state index in [2.05, 4.69) is 47.9 Å². The molecule has 0 bridgehead atoms. The summed E-state index contributed by atoms with van der Waals surface area (Å²) in [4.78, 5) is 28.4. The molecule has 1 amide bonds. The van der Waals surface area contributed by atoms with Gasteiger partial charge in [-0.05, 0) is 43.4 Å². The zero-order valence-electron chi connectivity index (χ0n) is 18.1. The summed E-state index contributed by atoms with van der Waals surface area (Å²) >= 11 is 0. The van der Waals surface area contributed by atoms with Crippen LogP contribution in [-0.4, -0.2) is 67.8 Å². The molecule has 0 spiro atoms. The molecule has 2 aliphatic rings. The number of nitrogens with one attached hydrogen (secondary N) is 3. The third kappa shape index (κ3) is 4.51. The number of rotatable bonds is 6. The predicted molar refractivity (Wildman–Crippen MR) is 122 cm³/mol. The van der Waals surface area contributed by atoms with Crippen molar-refractivity contribution in [2.24, 2.45) is 0 Å². The monoisotopic (exact) mass is 436 g/mol. The maximum absolute atomic E-state index is 12.6. The summed E-state index contributed by atoms with van der Waals surface area (Å²) in [5.41, 5.74) is 3.04. The van der Waals surface area contributed by atoms with Gasteiger partial charge in [0.25, 0.3) is 0 Å². The van der Waals surface area contributed by atoms with Crippen LogP contribution in [0.4, 0.5) is 22.2 Å². The molecule has 1 saturated heterocycles. The molecular weight excluding hydrogens is 408 g/mol. The van der Waals surface area contributed by atoms with Gasteiger partial charge >= 0.3 is 6.03 Å². The van der Waals surface area contributed by atoms with Crippen molar-refractivity contribution in [3.63, 3.8) is 0 Å². The Morgan fingerprint density at radius 1 is 1.19 bits per heavy atom. The minimum absolute atomic E-state index is 0.174. The zero-order valence-corrected chi connectivity index (χ0v) is 18.1. The Morgan fingerprint density at radius 3 is 2.75 bits per heavy atom. The molecule has 1 aliphatic heterocycles. The highest BCUT2D eigenvalue weighted by Crippen LogP contribution is 2.24. The van der Waals surface area contributed by atoms with E-state index in [9.17, 15) is 9.90 Å². The number of piperidine rings is 1. The number of hydrogen-bond donors (Lipinski definition) is 4. The first-order chi connectivity index (χ1) is 15.6. The molecule has 1 saturated carbocycles. The number of aromatic nitrogens is 4. The van der Waals surface area contributed by atoms with Crippen molar-refractivity contribution in [3.8, 4) is 0 Å². The normalized spacial score (nSPS) is 17.4. The van der Waals surface area contributed by atoms with E-state index >= 15 is 0 Å². The molecule has 3 heterocycles. The third-order valence-corrected chi connectivity index (χ3v) is 5.90. The lowest BCUT2D eigenvalue weighted by molar-refractivity contribution is 0.0792. The van der Waals surface area contributed by atoms with Crippen molar-refractivity contribution in [3.05, 3.63) is 36.2 Å². The van der Waals surface area contributed by atoms with E-state index in [0.717, 1.165) is 51.0 Å². The summed E-state index contributed by atoms with van der Waals surface area (Å²) in [5, 5.41) is 19.0. The van der Waals surface area contributed by atoms with E-state index in [4.69, 9.17) is 0 Å². The maximum Gasteiger partial charge on any atom is 0.328 e. The van der Waals surface area contributed by atoms with Crippen LogP contribution in [0.3, 0.4) is 0 Å². The van der Waals surface area contributed by atoms with Crippen LogP contribution in [0.2, 0.25) is 0 Å². The smallest absolute Gasteiger partial charge is 0.328 e. The Bertz CT molecular complexity index is 1120. The third-order valence-electron chi connectivity index (χ3n) is 5.90. The van der Waals surface area contributed by atoms with E-state index < -0.39 is 0 Å². The van der Waals surface area contributed by atoms with Gasteiger partial charge in [0.15, 0.2) is 17.0 Å². The molecule has 4 N–H and O–H groups in total. The van der Waals surface area contributed by atoms with Crippen LogP contribution >= 0.6 is 0 Å². The summed E-state index contributed by atoms with van der Waals surface area (Å²) in [6, 6.07) is 8.16. The van der Waals surface area contributed by atoms with Gasteiger partial charge in [0, 0.05) is 38.4 Å². The Labute approximate surface area is 186 Å². The van der Waals surface area contributed by atoms with Crippen LogP contribution in [0.5, 0.6) is 0 Å². The second-order valence-electron chi connectivity index (χ2n) is 8.49. The van der Waals surface area contributed by atoms with Crippen molar-refractivity contribution >= 4 is 34.6 Å². The highest BCUT2D eigenvalue weighted by atomic mass is 16.3. The van der Waals surface area contributed by atoms with Gasteiger partial charge in [0.1, 0.15) is 6.33 Å². The van der Waals surface area contributed by atoms with Gasteiger partial charge in [0.05, 0.1) is 6.10 Å². The van der Waals surface area contributed by atoms with Crippen LogP contribution in [0.1, 0.15) is 31.2 Å². The number of fused-ring (bicyclic) bond motifs is 1. The maximum atomic E-state index is 12.6. The Kier molecular flexibility index (Phi) is 5.62. The highest BCUT2D eigenvalue weighted by molar-refractivity contribution is 5.92. The number of hydrogen-bond acceptors (Lipinski definition) is 8. The molecule has 1 aromatic carbocycles. The van der Waals surface area contributed by atoms with Crippen molar-refractivity contribution in [1.29, 1.82) is 0 Å². The van der Waals surface area contributed by atoms with Gasteiger partial charge in [-0.2, -0.15) is 9.97 Å². The van der Waals surface area contributed by atoms with E-state index in [0.29, 0.717) is 22.9 Å². The van der Waals surface area contributed by atoms with Crippen molar-refractivity contribution < 1.29 is 9.90 Å². The fourth-order valence-corrected chi connectivity index (χ4v) is 3.96. The molecule has 32 heavy (non-hydrogen) atoms. The summed E-state index contributed by atoms with van der Waals surface area (Å²) in [5.74, 6) is 0.944. The van der Waals surface area contributed by atoms with E-state index in [1.54, 1.807) is 7.05 Å². The number of carbonyl (C=O) groups excluding carboxylic acids is 1. The number of amides is 1. The van der Waals surface area contributed by atoms with Gasteiger partial charge in [0.2, 0.25) is 5.95 Å². The van der Waals surface area contributed by atoms with Gasteiger partial charge in [-0.1, -0.05) is 12.1 Å². The fraction of sp³-hybridized carbons (Fsp3) is 0.455. The lowest BCUT2D eigenvalue weighted by Gasteiger charge is -2.29. The molecule has 1 aliphatic carbocycles. The van der Waals surface area contributed by atoms with Crippen LogP contribution < -0.4 is 16.0 Å². The quantitative estimate of drug-likeness (QED) is 0.465. The minimum atomic E-state index is -0.227. The van der Waals surface area contributed by atoms with Gasteiger partial charge < -0.3 is 21.1 Å². The second kappa shape index (κ2) is 8.71. The molecule has 2 fully saturated rings. The zero-order chi connectivity index (χ0) is 22.1. The Hall–Kier alpha value is -3.24. The molecule has 0 radical (unpaired) electrons. The van der Waals surface area contributed by atoms with Crippen LogP contribution in [0.25, 0.3) is 11.2 Å². The van der Waals surface area contributed by atoms with Gasteiger partial charge in [-0.3, -0.25) is 4.90 Å². The largest absolute Gasteiger partial charge is 0.393 e. The molecule has 5 rings (SSSR count). The average molecular weight is 437 g/mol. The number of benzene rings is 1. The summed E-state index contributed by atoms with van der Waals surface area (Å²) in [6.45, 7) is 2.63. The summed E-state index contributed by atoms with van der Waals surface area (Å²) in [6.07, 6.45) is 4.97. The molecule has 10 heteroatoms. The SMILES string of the molecule is CNc1nc(Nc2cccc(CN3CCC(O)CC3)c2)nc2c1ncn2C(=O)NC1CC1. The summed E-state index contributed by atoms with van der Waals surface area (Å²) < 4.78 is 1.43. The second-order valence-corrected chi connectivity index (χ2v) is 8.49. The first-order valence-electron chi connectivity index (χ1n) is 11.1. The Morgan fingerprint density at radius 2 is 2.00 bits per heavy atom. The Balaban J connectivity index is 1.37. The van der Waals surface area contributed by atoms with Crippen molar-refractivity contribution in [1.82, 2.24) is 29.7 Å². The van der Waals surface area contributed by atoms with E-state index in [1.165, 1.54) is 16.5 Å². The molecule has 3 aromatic rings. The van der Waals surface area contributed by atoms with Crippen LogP contribution in [0, 0.1) is 0 Å². The number of imidazole rings is 1. The number of anilines is 3. The predicted octanol–water partition coefficient (Wildman–Crippen LogP) is 2.29.